The zero-order valence-electron chi connectivity index (χ0n) is 22.2. The summed E-state index contributed by atoms with van der Waals surface area (Å²) in [5, 5.41) is 3.15. The second-order valence-electron chi connectivity index (χ2n) is 10.2. The molecule has 5 nitrogen and oxygen atoms in total. The Balaban J connectivity index is 1.46. The van der Waals surface area contributed by atoms with Gasteiger partial charge in [0.15, 0.2) is 11.5 Å². The molecule has 2 aromatic rings. The maximum absolute atomic E-state index is 13.5. The highest BCUT2D eigenvalue weighted by molar-refractivity contribution is 6.05. The molecule has 192 valence electrons. The normalized spacial score (nSPS) is 17.8. The number of methoxy groups -OCH3 is 1. The Morgan fingerprint density at radius 2 is 1.81 bits per heavy atom. The Bertz CT molecular complexity index is 1120. The van der Waals surface area contributed by atoms with Gasteiger partial charge in [0.1, 0.15) is 0 Å². The molecule has 1 unspecified atom stereocenters. The number of amides is 1. The Hall–Kier alpha value is -3.05. The van der Waals surface area contributed by atoms with Crippen LogP contribution in [0.3, 0.4) is 0 Å². The maximum atomic E-state index is 13.5. The molecular formula is C31H40N2O3. The summed E-state index contributed by atoms with van der Waals surface area (Å²) in [6.07, 6.45) is 9.22. The fraction of sp³-hybridized carbons (Fsp3) is 0.452. The first kappa shape index (κ1) is 26.0. The minimum absolute atomic E-state index is 0.00751. The van der Waals surface area contributed by atoms with E-state index in [2.05, 4.69) is 61.6 Å². The molecule has 0 bridgehead atoms. The van der Waals surface area contributed by atoms with Crippen LogP contribution in [0.1, 0.15) is 62.0 Å². The topological polar surface area (TPSA) is 50.8 Å². The van der Waals surface area contributed by atoms with Crippen LogP contribution in [0.5, 0.6) is 11.5 Å². The number of nitrogens with zero attached hydrogens (tertiary/aromatic N) is 1. The first-order chi connectivity index (χ1) is 17.4. The molecule has 2 aromatic carbocycles. The number of carbonyl (C=O) groups excluding carboxylic acids is 1. The summed E-state index contributed by atoms with van der Waals surface area (Å²) in [6, 6.07) is 14.6. The molecule has 0 radical (unpaired) electrons. The van der Waals surface area contributed by atoms with Crippen molar-refractivity contribution in [2.45, 2.75) is 57.8 Å². The molecule has 1 fully saturated rings. The molecule has 0 saturated heterocycles. The van der Waals surface area contributed by atoms with Gasteiger partial charge in [0.05, 0.1) is 13.7 Å². The quantitative estimate of drug-likeness (QED) is 0.402. The number of rotatable bonds is 9. The Morgan fingerprint density at radius 1 is 1.03 bits per heavy atom. The molecular weight excluding hydrogens is 448 g/mol. The zero-order valence-corrected chi connectivity index (χ0v) is 22.2. The van der Waals surface area contributed by atoms with Crippen molar-refractivity contribution in [3.8, 4) is 11.5 Å². The smallest absolute Gasteiger partial charge is 0.251 e. The molecule has 36 heavy (non-hydrogen) atoms. The fourth-order valence-corrected chi connectivity index (χ4v) is 5.27. The van der Waals surface area contributed by atoms with E-state index in [1.54, 1.807) is 7.11 Å². The molecule has 1 saturated carbocycles. The SMILES string of the molecule is COc1ccc(NC(=O)C2=C3CCC(c4ccc(C)cc4)CCC3=CCC2)cc1OCCCN(C)C. The van der Waals surface area contributed by atoms with Gasteiger partial charge in [-0.15, -0.1) is 0 Å². The van der Waals surface area contributed by atoms with Crippen molar-refractivity contribution in [3.63, 3.8) is 0 Å². The number of benzene rings is 2. The molecule has 0 heterocycles. The number of fused-ring (bicyclic) bond motifs is 1. The van der Waals surface area contributed by atoms with E-state index in [9.17, 15) is 4.79 Å². The van der Waals surface area contributed by atoms with E-state index in [1.165, 1.54) is 22.3 Å². The van der Waals surface area contributed by atoms with Gasteiger partial charge in [-0.25, -0.2) is 0 Å². The van der Waals surface area contributed by atoms with Crippen LogP contribution in [-0.4, -0.2) is 45.2 Å². The predicted molar refractivity (Wildman–Crippen MR) is 147 cm³/mol. The largest absolute Gasteiger partial charge is 0.493 e. The summed E-state index contributed by atoms with van der Waals surface area (Å²) in [4.78, 5) is 15.6. The number of allylic oxidation sites excluding steroid dienone is 3. The van der Waals surface area contributed by atoms with Gasteiger partial charge in [-0.2, -0.15) is 0 Å². The Labute approximate surface area is 216 Å². The summed E-state index contributed by atoms with van der Waals surface area (Å²) in [5.74, 6) is 1.89. The average molecular weight is 489 g/mol. The minimum atomic E-state index is 0.00751. The van der Waals surface area contributed by atoms with Crippen LogP contribution >= 0.6 is 0 Å². The van der Waals surface area contributed by atoms with Crippen LogP contribution in [0, 0.1) is 6.92 Å². The summed E-state index contributed by atoms with van der Waals surface area (Å²) in [6.45, 7) is 3.68. The lowest BCUT2D eigenvalue weighted by molar-refractivity contribution is -0.113. The van der Waals surface area contributed by atoms with Gasteiger partial charge >= 0.3 is 0 Å². The van der Waals surface area contributed by atoms with Crippen LogP contribution in [0.4, 0.5) is 5.69 Å². The summed E-state index contributed by atoms with van der Waals surface area (Å²) in [5.41, 5.74) is 7.04. The summed E-state index contributed by atoms with van der Waals surface area (Å²) < 4.78 is 11.5. The summed E-state index contributed by atoms with van der Waals surface area (Å²) in [7, 11) is 5.74. The van der Waals surface area contributed by atoms with E-state index in [1.807, 2.05) is 18.2 Å². The van der Waals surface area contributed by atoms with Crippen LogP contribution in [0.2, 0.25) is 0 Å². The highest BCUT2D eigenvalue weighted by Crippen LogP contribution is 2.41. The minimum Gasteiger partial charge on any atom is -0.493 e. The second kappa shape index (κ2) is 12.3. The fourth-order valence-electron chi connectivity index (χ4n) is 5.27. The molecule has 1 atom stereocenters. The molecule has 4 rings (SSSR count). The zero-order chi connectivity index (χ0) is 25.5. The van der Waals surface area contributed by atoms with E-state index in [4.69, 9.17) is 9.47 Å². The lowest BCUT2D eigenvalue weighted by Crippen LogP contribution is -2.18. The number of nitrogens with one attached hydrogen (secondary N) is 1. The monoisotopic (exact) mass is 488 g/mol. The van der Waals surface area contributed by atoms with Gasteiger partial charge in [0.25, 0.3) is 5.91 Å². The third-order valence-electron chi connectivity index (χ3n) is 7.29. The first-order valence-electron chi connectivity index (χ1n) is 13.2. The van der Waals surface area contributed by atoms with E-state index >= 15 is 0 Å². The molecule has 1 N–H and O–H groups in total. The maximum Gasteiger partial charge on any atom is 0.251 e. The van der Waals surface area contributed by atoms with Gasteiger partial charge in [-0.1, -0.05) is 35.9 Å². The van der Waals surface area contributed by atoms with Crippen LogP contribution in [0.15, 0.2) is 65.3 Å². The molecule has 0 spiro atoms. The van der Waals surface area contributed by atoms with Crippen LogP contribution < -0.4 is 14.8 Å². The number of ether oxygens (including phenoxy) is 2. The third kappa shape index (κ3) is 6.58. The van der Waals surface area contributed by atoms with Crippen molar-refractivity contribution in [1.82, 2.24) is 4.90 Å². The van der Waals surface area contributed by atoms with E-state index < -0.39 is 0 Å². The van der Waals surface area contributed by atoms with E-state index in [-0.39, 0.29) is 5.91 Å². The lowest BCUT2D eigenvalue weighted by Gasteiger charge is -2.20. The van der Waals surface area contributed by atoms with Crippen molar-refractivity contribution in [1.29, 1.82) is 0 Å². The number of hydrogen-bond donors (Lipinski definition) is 1. The van der Waals surface area contributed by atoms with Crippen LogP contribution in [-0.2, 0) is 4.79 Å². The van der Waals surface area contributed by atoms with Gasteiger partial charge in [0.2, 0.25) is 0 Å². The van der Waals surface area contributed by atoms with Crippen molar-refractivity contribution >= 4 is 11.6 Å². The van der Waals surface area contributed by atoms with Crippen molar-refractivity contribution < 1.29 is 14.3 Å². The van der Waals surface area contributed by atoms with Gasteiger partial charge < -0.3 is 19.7 Å². The second-order valence-corrected chi connectivity index (χ2v) is 10.2. The molecule has 2 aliphatic rings. The predicted octanol–water partition coefficient (Wildman–Crippen LogP) is 6.65. The molecule has 2 aliphatic carbocycles. The Morgan fingerprint density at radius 3 is 2.56 bits per heavy atom. The highest BCUT2D eigenvalue weighted by Gasteiger charge is 2.26. The number of anilines is 1. The van der Waals surface area contributed by atoms with Gasteiger partial charge in [-0.05, 0) is 101 Å². The standard InChI is InChI=1S/C31H40N2O3/c1-22-9-11-23(12-10-22)24-13-14-25-7-5-8-28(27(25)17-15-24)31(34)32-26-16-18-29(35-4)30(21-26)36-20-6-19-33(2)3/h7,9-12,16,18,21,24H,5-6,8,13-15,17,19-20H2,1-4H3,(H,32,34). The number of hydrogen-bond acceptors (Lipinski definition) is 4. The molecule has 5 heteroatoms. The number of carbonyl (C=O) groups is 1. The summed E-state index contributed by atoms with van der Waals surface area (Å²) >= 11 is 0. The van der Waals surface area contributed by atoms with Crippen molar-refractivity contribution in [3.05, 3.63) is 76.4 Å². The number of aryl methyl sites for hydroxylation is 1. The molecule has 0 aromatic heterocycles. The molecule has 1 amide bonds. The van der Waals surface area contributed by atoms with Crippen molar-refractivity contribution in [2.24, 2.45) is 0 Å². The van der Waals surface area contributed by atoms with E-state index in [0.29, 0.717) is 24.0 Å². The first-order valence-corrected chi connectivity index (χ1v) is 13.2. The Kier molecular flexibility index (Phi) is 8.87. The lowest BCUT2D eigenvalue weighted by atomic mass is 9.87. The highest BCUT2D eigenvalue weighted by atomic mass is 16.5. The third-order valence-corrected chi connectivity index (χ3v) is 7.29. The average Bonchev–Trinajstić information content (AvgIpc) is 3.10. The van der Waals surface area contributed by atoms with Gasteiger partial charge in [0, 0.05) is 23.9 Å². The van der Waals surface area contributed by atoms with Crippen molar-refractivity contribution in [2.75, 3.05) is 39.7 Å². The van der Waals surface area contributed by atoms with E-state index in [0.717, 1.165) is 62.8 Å². The van der Waals surface area contributed by atoms with Crippen LogP contribution in [0.25, 0.3) is 0 Å². The molecule has 0 aliphatic heterocycles. The van der Waals surface area contributed by atoms with Gasteiger partial charge in [-0.3, -0.25) is 4.79 Å².